The van der Waals surface area contributed by atoms with Crippen molar-refractivity contribution in [2.24, 2.45) is 11.5 Å². The van der Waals surface area contributed by atoms with Crippen LogP contribution in [0.2, 0.25) is 0 Å². The number of nitrogens with two attached hydrogens (primary N) is 2. The molecule has 0 radical (unpaired) electrons. The maximum atomic E-state index is 10.1. The lowest BCUT2D eigenvalue weighted by atomic mass is 10.4. The highest BCUT2D eigenvalue weighted by Crippen LogP contribution is 1.79. The van der Waals surface area contributed by atoms with Crippen molar-refractivity contribution in [3.05, 3.63) is 36.5 Å². The third-order valence-electron chi connectivity index (χ3n) is 0.854. The van der Waals surface area contributed by atoms with E-state index in [1.807, 2.05) is 0 Å². The monoisotopic (exact) mass is 166 g/mol. The first kappa shape index (κ1) is 10.2. The van der Waals surface area contributed by atoms with Gasteiger partial charge in [-0.1, -0.05) is 24.3 Å². The molecule has 0 fully saturated rings. The zero-order valence-corrected chi connectivity index (χ0v) is 6.44. The number of allylic oxidation sites excluding steroid dienone is 4. The summed E-state index contributed by atoms with van der Waals surface area (Å²) in [6, 6.07) is 0. The molecule has 0 aromatic rings. The Bertz CT molecular complexity index is 226. The summed E-state index contributed by atoms with van der Waals surface area (Å²) < 4.78 is 0. The predicted octanol–water partition coefficient (Wildman–Crippen LogP) is -0.374. The highest BCUT2D eigenvalue weighted by Gasteiger charge is 1.78. The highest BCUT2D eigenvalue weighted by molar-refractivity contribution is 5.86. The van der Waals surface area contributed by atoms with E-state index < -0.39 is 11.8 Å². The maximum absolute atomic E-state index is 10.1. The molecule has 0 unspecified atom stereocenters. The SMILES string of the molecule is NC(=O)/C=C/C=C/C=C/C(N)=O. The van der Waals surface area contributed by atoms with Crippen molar-refractivity contribution in [2.45, 2.75) is 0 Å². The zero-order chi connectivity index (χ0) is 9.40. The number of amides is 2. The Kier molecular flexibility index (Phi) is 5.00. The molecule has 0 aliphatic rings. The van der Waals surface area contributed by atoms with Crippen LogP contribution in [0.5, 0.6) is 0 Å². The van der Waals surface area contributed by atoms with E-state index >= 15 is 0 Å². The van der Waals surface area contributed by atoms with Gasteiger partial charge >= 0.3 is 0 Å². The summed E-state index contributed by atoms with van der Waals surface area (Å²) in [5.74, 6) is -1.03. The van der Waals surface area contributed by atoms with Crippen LogP contribution in [0.4, 0.5) is 0 Å². The largest absolute Gasteiger partial charge is 0.366 e. The summed E-state index contributed by atoms with van der Waals surface area (Å²) in [4.78, 5) is 20.3. The Hall–Kier alpha value is -1.84. The molecule has 4 heteroatoms. The fraction of sp³-hybridized carbons (Fsp3) is 0. The van der Waals surface area contributed by atoms with Gasteiger partial charge in [-0.3, -0.25) is 9.59 Å². The number of hydrogen-bond donors (Lipinski definition) is 2. The molecular formula is C8H10N2O2. The molecule has 0 saturated carbocycles. The topological polar surface area (TPSA) is 86.2 Å². The number of carbonyl (C=O) groups excluding carboxylic acids is 2. The van der Waals surface area contributed by atoms with E-state index in [9.17, 15) is 9.59 Å². The van der Waals surface area contributed by atoms with Gasteiger partial charge in [-0.25, -0.2) is 0 Å². The second-order valence-corrected chi connectivity index (χ2v) is 1.91. The van der Waals surface area contributed by atoms with E-state index in [4.69, 9.17) is 11.5 Å². The van der Waals surface area contributed by atoms with Gasteiger partial charge in [0, 0.05) is 12.2 Å². The van der Waals surface area contributed by atoms with Crippen LogP contribution in [-0.2, 0) is 9.59 Å². The van der Waals surface area contributed by atoms with E-state index in [0.717, 1.165) is 0 Å². The van der Waals surface area contributed by atoms with Gasteiger partial charge in [-0.05, 0) is 0 Å². The minimum Gasteiger partial charge on any atom is -0.366 e. The van der Waals surface area contributed by atoms with Crippen molar-refractivity contribution in [2.75, 3.05) is 0 Å². The average Bonchev–Trinajstić information content (AvgIpc) is 1.95. The van der Waals surface area contributed by atoms with Gasteiger partial charge in [0.2, 0.25) is 11.8 Å². The summed E-state index contributed by atoms with van der Waals surface area (Å²) in [5.41, 5.74) is 9.61. The summed E-state index contributed by atoms with van der Waals surface area (Å²) in [6.45, 7) is 0. The smallest absolute Gasteiger partial charge is 0.241 e. The van der Waals surface area contributed by atoms with Crippen molar-refractivity contribution < 1.29 is 9.59 Å². The number of primary amides is 2. The first-order chi connectivity index (χ1) is 5.63. The molecule has 64 valence electrons. The lowest BCUT2D eigenvalue weighted by Gasteiger charge is -1.76. The molecule has 0 bridgehead atoms. The molecule has 0 aromatic heterocycles. The van der Waals surface area contributed by atoms with Gasteiger partial charge in [0.15, 0.2) is 0 Å². The Morgan fingerprint density at radius 3 is 1.33 bits per heavy atom. The van der Waals surface area contributed by atoms with Crippen molar-refractivity contribution >= 4 is 11.8 Å². The summed E-state index contributed by atoms with van der Waals surface area (Å²) in [7, 11) is 0. The van der Waals surface area contributed by atoms with Crippen LogP contribution in [-0.4, -0.2) is 11.8 Å². The van der Waals surface area contributed by atoms with Crippen LogP contribution >= 0.6 is 0 Å². The van der Waals surface area contributed by atoms with Gasteiger partial charge in [0.1, 0.15) is 0 Å². The van der Waals surface area contributed by atoms with E-state index in [0.29, 0.717) is 0 Å². The van der Waals surface area contributed by atoms with E-state index in [1.165, 1.54) is 24.3 Å². The van der Waals surface area contributed by atoms with E-state index in [-0.39, 0.29) is 0 Å². The van der Waals surface area contributed by atoms with Crippen molar-refractivity contribution in [3.63, 3.8) is 0 Å². The van der Waals surface area contributed by atoms with Crippen LogP contribution < -0.4 is 11.5 Å². The highest BCUT2D eigenvalue weighted by atomic mass is 16.1. The normalized spacial score (nSPS) is 11.7. The minimum atomic E-state index is -0.515. The minimum absolute atomic E-state index is 0.515. The fourth-order valence-corrected chi connectivity index (χ4v) is 0.429. The lowest BCUT2D eigenvalue weighted by molar-refractivity contribution is -0.114. The number of rotatable bonds is 4. The van der Waals surface area contributed by atoms with Crippen molar-refractivity contribution in [3.8, 4) is 0 Å². The number of carbonyl (C=O) groups is 2. The van der Waals surface area contributed by atoms with Crippen LogP contribution in [0.1, 0.15) is 0 Å². The average molecular weight is 166 g/mol. The third-order valence-corrected chi connectivity index (χ3v) is 0.854. The second-order valence-electron chi connectivity index (χ2n) is 1.91. The zero-order valence-electron chi connectivity index (χ0n) is 6.44. The molecule has 0 aliphatic heterocycles. The third kappa shape index (κ3) is 8.16. The molecule has 0 spiro atoms. The van der Waals surface area contributed by atoms with Gasteiger partial charge < -0.3 is 11.5 Å². The predicted molar refractivity (Wildman–Crippen MR) is 45.8 cm³/mol. The molecule has 4 N–H and O–H groups in total. The molecule has 12 heavy (non-hydrogen) atoms. The first-order valence-corrected chi connectivity index (χ1v) is 3.23. The van der Waals surface area contributed by atoms with E-state index in [2.05, 4.69) is 0 Å². The molecule has 0 aromatic carbocycles. The second kappa shape index (κ2) is 5.91. The lowest BCUT2D eigenvalue weighted by Crippen LogP contribution is -2.05. The van der Waals surface area contributed by atoms with Gasteiger partial charge in [-0.15, -0.1) is 0 Å². The number of hydrogen-bond acceptors (Lipinski definition) is 2. The summed E-state index contributed by atoms with van der Waals surface area (Å²) >= 11 is 0. The molecule has 0 atom stereocenters. The maximum Gasteiger partial charge on any atom is 0.241 e. The van der Waals surface area contributed by atoms with Crippen molar-refractivity contribution in [1.82, 2.24) is 0 Å². The van der Waals surface area contributed by atoms with Crippen molar-refractivity contribution in [1.29, 1.82) is 0 Å². The van der Waals surface area contributed by atoms with Crippen LogP contribution in [0.25, 0.3) is 0 Å². The molecule has 0 saturated heterocycles. The van der Waals surface area contributed by atoms with Gasteiger partial charge in [0.25, 0.3) is 0 Å². The Morgan fingerprint density at radius 1 is 0.750 bits per heavy atom. The molecule has 0 heterocycles. The Labute approximate surface area is 70.2 Å². The van der Waals surface area contributed by atoms with Gasteiger partial charge in [0.05, 0.1) is 0 Å². The quantitative estimate of drug-likeness (QED) is 0.440. The molecule has 0 rings (SSSR count). The fourth-order valence-electron chi connectivity index (χ4n) is 0.429. The summed E-state index contributed by atoms with van der Waals surface area (Å²) in [5, 5.41) is 0. The van der Waals surface area contributed by atoms with E-state index in [1.54, 1.807) is 12.2 Å². The summed E-state index contributed by atoms with van der Waals surface area (Å²) in [6.07, 6.45) is 8.46. The Balaban J connectivity index is 3.78. The molecule has 2 amide bonds. The van der Waals surface area contributed by atoms with Crippen LogP contribution in [0, 0.1) is 0 Å². The van der Waals surface area contributed by atoms with Crippen LogP contribution in [0.15, 0.2) is 36.5 Å². The van der Waals surface area contributed by atoms with Gasteiger partial charge in [-0.2, -0.15) is 0 Å². The van der Waals surface area contributed by atoms with Crippen LogP contribution in [0.3, 0.4) is 0 Å². The molecule has 4 nitrogen and oxygen atoms in total. The molecule has 0 aliphatic carbocycles. The molecular weight excluding hydrogens is 156 g/mol. The standard InChI is InChI=1S/C8H10N2O2/c9-7(11)5-3-1-2-4-6-8(10)12/h1-6H,(H2,9,11)(H2,10,12)/b2-1+,5-3+,6-4+. The Morgan fingerprint density at radius 2 is 1.08 bits per heavy atom. The first-order valence-electron chi connectivity index (χ1n) is 3.23.